The van der Waals surface area contributed by atoms with E-state index < -0.39 is 34.0 Å². The molecule has 0 aliphatic carbocycles. The molecule has 0 radical (unpaired) electrons. The second-order valence-electron chi connectivity index (χ2n) is 7.16. The number of amides is 1. The van der Waals surface area contributed by atoms with Crippen molar-refractivity contribution in [2.45, 2.75) is 30.7 Å². The molecule has 8 nitrogen and oxygen atoms in total. The Morgan fingerprint density at radius 2 is 2.15 bits per heavy atom. The Morgan fingerprint density at radius 3 is 2.69 bits per heavy atom. The molecule has 2 aliphatic heterocycles. The number of nitrogens with zero attached hydrogens (tertiary/aromatic N) is 1. The number of hydrogen-bond donors (Lipinski definition) is 2. The largest absolute Gasteiger partial charge is 0.497 e. The van der Waals surface area contributed by atoms with Crippen LogP contribution in [0.15, 0.2) is 23.1 Å². The van der Waals surface area contributed by atoms with E-state index >= 15 is 0 Å². The minimum absolute atomic E-state index is 0.0322. The van der Waals surface area contributed by atoms with Gasteiger partial charge in [-0.1, -0.05) is 13.8 Å². The predicted molar refractivity (Wildman–Crippen MR) is 92.5 cm³/mol. The Labute approximate surface area is 152 Å². The third-order valence-electron chi connectivity index (χ3n) is 5.29. The molecular formula is C17H22N2O6S. The van der Waals surface area contributed by atoms with Crippen LogP contribution >= 0.6 is 0 Å². The first-order valence-corrected chi connectivity index (χ1v) is 9.80. The lowest BCUT2D eigenvalue weighted by atomic mass is 9.86. The van der Waals surface area contributed by atoms with Crippen molar-refractivity contribution in [3.63, 3.8) is 0 Å². The van der Waals surface area contributed by atoms with Crippen LogP contribution in [-0.4, -0.2) is 55.4 Å². The number of rotatable bonds is 5. The topological polar surface area (TPSA) is 113 Å². The van der Waals surface area contributed by atoms with E-state index in [-0.39, 0.29) is 28.7 Å². The van der Waals surface area contributed by atoms with Gasteiger partial charge in [0.25, 0.3) is 15.9 Å². The number of ether oxygens (including phenoxy) is 1. The lowest BCUT2D eigenvalue weighted by Crippen LogP contribution is -2.56. The van der Waals surface area contributed by atoms with Crippen molar-refractivity contribution in [2.24, 2.45) is 11.8 Å². The van der Waals surface area contributed by atoms with Crippen molar-refractivity contribution >= 4 is 21.9 Å². The fraction of sp³-hybridized carbons (Fsp3) is 0.529. The average molecular weight is 382 g/mol. The van der Waals surface area contributed by atoms with Gasteiger partial charge in [-0.15, -0.1) is 0 Å². The molecule has 9 heteroatoms. The van der Waals surface area contributed by atoms with E-state index in [0.717, 1.165) is 0 Å². The summed E-state index contributed by atoms with van der Waals surface area (Å²) in [5, 5.41) is 12.7. The van der Waals surface area contributed by atoms with Crippen LogP contribution < -0.4 is 10.1 Å². The van der Waals surface area contributed by atoms with Crippen LogP contribution in [0.3, 0.4) is 0 Å². The van der Waals surface area contributed by atoms with Crippen LogP contribution in [0.1, 0.15) is 30.6 Å². The number of hydrogen-bond acceptors (Lipinski definition) is 6. The fourth-order valence-corrected chi connectivity index (χ4v) is 5.17. The number of carbonyl (C=O) groups excluding carboxylic acids is 1. The van der Waals surface area contributed by atoms with Gasteiger partial charge in [-0.05, 0) is 36.9 Å². The molecule has 2 aliphatic rings. The Balaban J connectivity index is 1.97. The maximum atomic E-state index is 12.9. The average Bonchev–Trinajstić information content (AvgIpc) is 3.10. The number of sulfonamides is 1. The van der Waals surface area contributed by atoms with Crippen LogP contribution in [0.2, 0.25) is 0 Å². The number of aliphatic carboxylic acids is 1. The number of nitrogens with one attached hydrogen (secondary N) is 1. The number of methoxy groups -OCH3 is 1. The smallest absolute Gasteiger partial charge is 0.325 e. The van der Waals surface area contributed by atoms with Crippen LogP contribution in [0.5, 0.6) is 5.75 Å². The monoisotopic (exact) mass is 382 g/mol. The summed E-state index contributed by atoms with van der Waals surface area (Å²) in [4.78, 5) is 24.5. The molecule has 3 rings (SSSR count). The van der Waals surface area contributed by atoms with E-state index in [1.807, 2.05) is 13.8 Å². The molecule has 2 atom stereocenters. The quantitative estimate of drug-likeness (QED) is 0.779. The number of carbonyl (C=O) groups is 2. The van der Waals surface area contributed by atoms with Crippen LogP contribution in [0.25, 0.3) is 0 Å². The van der Waals surface area contributed by atoms with E-state index in [1.165, 1.54) is 25.3 Å². The van der Waals surface area contributed by atoms with E-state index in [2.05, 4.69) is 5.32 Å². The SMILES string of the molecule is COc1ccc2c(c1)S(=O)(=O)N(CC1(C(=O)O)CC(C(C)C)CN1)C2=O. The van der Waals surface area contributed by atoms with Gasteiger partial charge < -0.3 is 15.2 Å². The first-order chi connectivity index (χ1) is 12.1. The van der Waals surface area contributed by atoms with Crippen molar-refractivity contribution < 1.29 is 27.9 Å². The Morgan fingerprint density at radius 1 is 1.46 bits per heavy atom. The third kappa shape index (κ3) is 2.75. The summed E-state index contributed by atoms with van der Waals surface area (Å²) in [6, 6.07) is 4.18. The van der Waals surface area contributed by atoms with Crippen molar-refractivity contribution in [3.05, 3.63) is 23.8 Å². The Hall–Kier alpha value is -2.13. The van der Waals surface area contributed by atoms with Crippen molar-refractivity contribution in [1.29, 1.82) is 0 Å². The minimum Gasteiger partial charge on any atom is -0.497 e. The lowest BCUT2D eigenvalue weighted by molar-refractivity contribution is -0.144. The van der Waals surface area contributed by atoms with E-state index in [4.69, 9.17) is 4.74 Å². The zero-order chi connectivity index (χ0) is 19.3. The number of carboxylic acids is 1. The van der Waals surface area contributed by atoms with Gasteiger partial charge in [0.05, 0.1) is 19.2 Å². The first-order valence-electron chi connectivity index (χ1n) is 8.36. The highest BCUT2D eigenvalue weighted by atomic mass is 32.2. The van der Waals surface area contributed by atoms with Crippen molar-refractivity contribution in [3.8, 4) is 5.75 Å². The van der Waals surface area contributed by atoms with Gasteiger partial charge >= 0.3 is 5.97 Å². The summed E-state index contributed by atoms with van der Waals surface area (Å²) < 4.78 is 31.4. The van der Waals surface area contributed by atoms with Gasteiger partial charge in [-0.25, -0.2) is 12.7 Å². The molecule has 2 unspecified atom stereocenters. The molecule has 142 valence electrons. The van der Waals surface area contributed by atoms with Crippen LogP contribution in [0.4, 0.5) is 0 Å². The van der Waals surface area contributed by atoms with E-state index in [9.17, 15) is 23.1 Å². The van der Waals surface area contributed by atoms with Crippen molar-refractivity contribution in [2.75, 3.05) is 20.2 Å². The summed E-state index contributed by atoms with van der Waals surface area (Å²) in [5.74, 6) is -1.21. The highest BCUT2D eigenvalue weighted by molar-refractivity contribution is 7.90. The van der Waals surface area contributed by atoms with Gasteiger partial charge in [0.1, 0.15) is 16.2 Å². The Kier molecular flexibility index (Phi) is 4.48. The normalized spacial score (nSPS) is 27.0. The maximum absolute atomic E-state index is 12.9. The number of carboxylic acid groups (broad SMARTS) is 1. The molecule has 0 saturated carbocycles. The zero-order valence-corrected chi connectivity index (χ0v) is 15.7. The standard InChI is InChI=1S/C17H22N2O6S/c1-10(2)11-7-17(16(21)22,18-8-11)9-19-15(20)13-5-4-12(25-3)6-14(13)26(19,23)24/h4-6,10-11,18H,7-9H2,1-3H3,(H,21,22). The second kappa shape index (κ2) is 6.24. The molecule has 0 bridgehead atoms. The van der Waals surface area contributed by atoms with Crippen molar-refractivity contribution in [1.82, 2.24) is 9.62 Å². The van der Waals surface area contributed by atoms with Crippen LogP contribution in [0, 0.1) is 11.8 Å². The summed E-state index contributed by atoms with van der Waals surface area (Å²) >= 11 is 0. The van der Waals surface area contributed by atoms with E-state index in [1.54, 1.807) is 0 Å². The molecular weight excluding hydrogens is 360 g/mol. The molecule has 1 saturated heterocycles. The first kappa shape index (κ1) is 18.7. The fourth-order valence-electron chi connectivity index (χ4n) is 3.52. The molecule has 0 spiro atoms. The number of benzene rings is 1. The summed E-state index contributed by atoms with van der Waals surface area (Å²) in [6.07, 6.45) is 0.263. The zero-order valence-electron chi connectivity index (χ0n) is 14.9. The summed E-state index contributed by atoms with van der Waals surface area (Å²) in [7, 11) is -2.72. The van der Waals surface area contributed by atoms with E-state index in [0.29, 0.717) is 16.6 Å². The van der Waals surface area contributed by atoms with Crippen LogP contribution in [-0.2, 0) is 14.8 Å². The molecule has 26 heavy (non-hydrogen) atoms. The Bertz CT molecular complexity index is 866. The minimum atomic E-state index is -4.12. The highest BCUT2D eigenvalue weighted by Crippen LogP contribution is 2.37. The van der Waals surface area contributed by atoms with Gasteiger partial charge in [0.2, 0.25) is 0 Å². The van der Waals surface area contributed by atoms with Gasteiger partial charge in [0.15, 0.2) is 0 Å². The molecule has 0 aromatic heterocycles. The molecule has 2 heterocycles. The lowest BCUT2D eigenvalue weighted by Gasteiger charge is -2.29. The van der Waals surface area contributed by atoms with Gasteiger partial charge in [-0.2, -0.15) is 0 Å². The van der Waals surface area contributed by atoms with Gasteiger partial charge in [-0.3, -0.25) is 9.59 Å². The summed E-state index contributed by atoms with van der Waals surface area (Å²) in [5.41, 5.74) is -1.45. The molecule has 1 aromatic rings. The summed E-state index contributed by atoms with van der Waals surface area (Å²) in [6.45, 7) is 4.00. The predicted octanol–water partition coefficient (Wildman–Crippen LogP) is 0.929. The van der Waals surface area contributed by atoms with Gasteiger partial charge in [0, 0.05) is 6.07 Å². The maximum Gasteiger partial charge on any atom is 0.325 e. The third-order valence-corrected chi connectivity index (χ3v) is 7.06. The highest BCUT2D eigenvalue weighted by Gasteiger charge is 2.52. The second-order valence-corrected chi connectivity index (χ2v) is 8.99. The number of fused-ring (bicyclic) bond motifs is 1. The molecule has 1 aromatic carbocycles. The molecule has 2 N–H and O–H groups in total. The molecule has 1 amide bonds. The molecule has 1 fully saturated rings.